The third-order valence-corrected chi connectivity index (χ3v) is 2.50. The number of carbonyl (C=O) groups is 2. The zero-order valence-corrected chi connectivity index (χ0v) is 11.0. The number of benzene rings is 1. The summed E-state index contributed by atoms with van der Waals surface area (Å²) in [4.78, 5) is 23.2. The first kappa shape index (κ1) is 14.7. The minimum atomic E-state index is -0.537. The van der Waals surface area contributed by atoms with E-state index in [1.54, 1.807) is 31.2 Å². The van der Waals surface area contributed by atoms with Gasteiger partial charge in [0.25, 0.3) is 0 Å². The van der Waals surface area contributed by atoms with E-state index in [2.05, 4.69) is 10.6 Å². The van der Waals surface area contributed by atoms with Crippen LogP contribution in [0.15, 0.2) is 36.0 Å². The molecule has 1 rings (SSSR count). The third kappa shape index (κ3) is 4.12. The van der Waals surface area contributed by atoms with Crippen molar-refractivity contribution in [2.75, 3.05) is 6.54 Å². The van der Waals surface area contributed by atoms with Gasteiger partial charge in [-0.25, -0.2) is 4.79 Å². The van der Waals surface area contributed by atoms with Crippen molar-refractivity contribution in [3.8, 4) is 6.07 Å². The van der Waals surface area contributed by atoms with Crippen molar-refractivity contribution in [2.24, 2.45) is 0 Å². The van der Waals surface area contributed by atoms with Crippen LogP contribution in [0.25, 0.3) is 0 Å². The smallest absolute Gasteiger partial charge is 0.318 e. The second-order valence-electron chi connectivity index (χ2n) is 3.48. The molecule has 0 radical (unpaired) electrons. The standard InChI is InChI=1S/C13H12ClN3O2/c1-2-16-13(19)17-8-9(7-15)12(18)10-5-3-4-6-11(10)14/h3-6,8H,2H2,1H3,(H2,16,17,19). The second kappa shape index (κ2) is 7.19. The summed E-state index contributed by atoms with van der Waals surface area (Å²) in [6.07, 6.45) is 1.07. The van der Waals surface area contributed by atoms with Crippen LogP contribution in [0.4, 0.5) is 4.79 Å². The number of ketones is 1. The van der Waals surface area contributed by atoms with Gasteiger partial charge < -0.3 is 10.6 Å². The molecule has 0 aromatic heterocycles. The van der Waals surface area contributed by atoms with Crippen LogP contribution in [-0.2, 0) is 0 Å². The summed E-state index contributed by atoms with van der Waals surface area (Å²) in [7, 11) is 0. The molecular weight excluding hydrogens is 266 g/mol. The highest BCUT2D eigenvalue weighted by atomic mass is 35.5. The first-order valence-corrected chi connectivity index (χ1v) is 5.91. The van der Waals surface area contributed by atoms with Crippen molar-refractivity contribution in [2.45, 2.75) is 6.92 Å². The van der Waals surface area contributed by atoms with E-state index in [0.29, 0.717) is 6.54 Å². The number of rotatable bonds is 4. The number of carbonyl (C=O) groups excluding carboxylic acids is 2. The van der Waals surface area contributed by atoms with Crippen LogP contribution in [0, 0.1) is 11.3 Å². The molecule has 0 heterocycles. The lowest BCUT2D eigenvalue weighted by Gasteiger charge is -2.03. The van der Waals surface area contributed by atoms with Crippen molar-refractivity contribution >= 4 is 23.4 Å². The Morgan fingerprint density at radius 1 is 1.42 bits per heavy atom. The lowest BCUT2D eigenvalue weighted by atomic mass is 10.1. The molecule has 0 aliphatic carbocycles. The predicted molar refractivity (Wildman–Crippen MR) is 71.7 cm³/mol. The van der Waals surface area contributed by atoms with E-state index in [0.717, 1.165) is 6.20 Å². The van der Waals surface area contributed by atoms with Crippen molar-refractivity contribution in [1.82, 2.24) is 10.6 Å². The van der Waals surface area contributed by atoms with Crippen molar-refractivity contribution in [3.05, 3.63) is 46.6 Å². The first-order valence-electron chi connectivity index (χ1n) is 5.54. The molecule has 0 aliphatic heterocycles. The van der Waals surface area contributed by atoms with E-state index >= 15 is 0 Å². The summed E-state index contributed by atoms with van der Waals surface area (Å²) < 4.78 is 0. The molecule has 19 heavy (non-hydrogen) atoms. The minimum Gasteiger partial charge on any atom is -0.338 e. The van der Waals surface area contributed by atoms with E-state index in [1.165, 1.54) is 6.07 Å². The number of allylic oxidation sites excluding steroid dienone is 1. The van der Waals surface area contributed by atoms with Crippen LogP contribution in [0.5, 0.6) is 0 Å². The molecule has 0 aliphatic rings. The number of urea groups is 1. The van der Waals surface area contributed by atoms with Gasteiger partial charge in [0.15, 0.2) is 0 Å². The van der Waals surface area contributed by atoms with Crippen LogP contribution < -0.4 is 10.6 Å². The lowest BCUT2D eigenvalue weighted by Crippen LogP contribution is -2.32. The van der Waals surface area contributed by atoms with Gasteiger partial charge in [-0.15, -0.1) is 0 Å². The van der Waals surface area contributed by atoms with Gasteiger partial charge in [-0.05, 0) is 19.1 Å². The molecule has 6 heteroatoms. The number of nitrogens with zero attached hydrogens (tertiary/aromatic N) is 1. The maximum atomic E-state index is 12.0. The number of nitriles is 1. The Bertz CT molecular complexity index is 561. The lowest BCUT2D eigenvalue weighted by molar-refractivity contribution is 0.103. The summed E-state index contributed by atoms with van der Waals surface area (Å²) in [5.41, 5.74) is 0.0222. The predicted octanol–water partition coefficient (Wildman–Crippen LogP) is 2.25. The van der Waals surface area contributed by atoms with Crippen molar-refractivity contribution in [3.63, 3.8) is 0 Å². The summed E-state index contributed by atoms with van der Waals surface area (Å²) >= 11 is 5.88. The molecule has 0 saturated heterocycles. The van der Waals surface area contributed by atoms with Crippen LogP contribution in [0.3, 0.4) is 0 Å². The van der Waals surface area contributed by atoms with Gasteiger partial charge in [0.2, 0.25) is 5.78 Å². The fourth-order valence-electron chi connectivity index (χ4n) is 1.29. The van der Waals surface area contributed by atoms with E-state index in [9.17, 15) is 9.59 Å². The maximum Gasteiger partial charge on any atom is 0.318 e. The van der Waals surface area contributed by atoms with E-state index < -0.39 is 11.8 Å². The quantitative estimate of drug-likeness (QED) is 0.503. The molecule has 0 fully saturated rings. The van der Waals surface area contributed by atoms with Gasteiger partial charge in [-0.1, -0.05) is 23.7 Å². The highest BCUT2D eigenvalue weighted by Crippen LogP contribution is 2.18. The summed E-state index contributed by atoms with van der Waals surface area (Å²) in [6, 6.07) is 7.65. The van der Waals surface area contributed by atoms with Crippen LogP contribution in [0.2, 0.25) is 5.02 Å². The Labute approximate surface area is 115 Å². The monoisotopic (exact) mass is 277 g/mol. The number of Topliss-reactive ketones (excluding diaryl/α,β-unsaturated/α-hetero) is 1. The van der Waals surface area contributed by atoms with Gasteiger partial charge in [0.05, 0.1) is 5.02 Å². The van der Waals surface area contributed by atoms with Gasteiger partial charge in [-0.3, -0.25) is 4.79 Å². The molecule has 98 valence electrons. The molecule has 1 aromatic carbocycles. The average Bonchev–Trinajstić information content (AvgIpc) is 2.40. The molecule has 0 bridgehead atoms. The minimum absolute atomic E-state index is 0.195. The third-order valence-electron chi connectivity index (χ3n) is 2.17. The fraction of sp³-hybridized carbons (Fsp3) is 0.154. The van der Waals surface area contributed by atoms with E-state index in [-0.39, 0.29) is 16.2 Å². The van der Waals surface area contributed by atoms with Crippen LogP contribution in [0.1, 0.15) is 17.3 Å². The topological polar surface area (TPSA) is 82.0 Å². The molecule has 2 amide bonds. The van der Waals surface area contributed by atoms with Gasteiger partial charge in [0.1, 0.15) is 11.6 Å². The van der Waals surface area contributed by atoms with Gasteiger partial charge >= 0.3 is 6.03 Å². The summed E-state index contributed by atoms with van der Waals surface area (Å²) in [5, 5.41) is 14.0. The van der Waals surface area contributed by atoms with Gasteiger partial charge in [0, 0.05) is 18.3 Å². The maximum absolute atomic E-state index is 12.0. The van der Waals surface area contributed by atoms with E-state index in [1.807, 2.05) is 0 Å². The Morgan fingerprint density at radius 3 is 2.68 bits per heavy atom. The van der Waals surface area contributed by atoms with Crippen LogP contribution in [-0.4, -0.2) is 18.4 Å². The largest absolute Gasteiger partial charge is 0.338 e. The Morgan fingerprint density at radius 2 is 2.11 bits per heavy atom. The Hall–Kier alpha value is -2.32. The molecule has 2 N–H and O–H groups in total. The van der Waals surface area contributed by atoms with Crippen LogP contribution >= 0.6 is 11.6 Å². The number of hydrogen-bond acceptors (Lipinski definition) is 3. The summed E-state index contributed by atoms with van der Waals surface area (Å²) in [5.74, 6) is -0.537. The zero-order chi connectivity index (χ0) is 14.3. The van der Waals surface area contributed by atoms with Gasteiger partial charge in [-0.2, -0.15) is 5.26 Å². The number of hydrogen-bond donors (Lipinski definition) is 2. The number of nitrogens with one attached hydrogen (secondary N) is 2. The first-order chi connectivity index (χ1) is 9.10. The van der Waals surface area contributed by atoms with Crippen molar-refractivity contribution in [1.29, 1.82) is 5.26 Å². The second-order valence-corrected chi connectivity index (χ2v) is 3.89. The number of halogens is 1. The SMILES string of the molecule is CCNC(=O)NC=C(C#N)C(=O)c1ccccc1Cl. The molecule has 0 unspecified atom stereocenters. The molecule has 0 saturated carbocycles. The Kier molecular flexibility index (Phi) is 5.58. The molecular formula is C13H12ClN3O2. The molecule has 0 atom stereocenters. The molecule has 1 aromatic rings. The molecule has 5 nitrogen and oxygen atoms in total. The zero-order valence-electron chi connectivity index (χ0n) is 10.2. The van der Waals surface area contributed by atoms with Crippen molar-refractivity contribution < 1.29 is 9.59 Å². The number of amides is 2. The summed E-state index contributed by atoms with van der Waals surface area (Å²) in [6.45, 7) is 2.20. The average molecular weight is 278 g/mol. The van der Waals surface area contributed by atoms with E-state index in [4.69, 9.17) is 16.9 Å². The Balaban J connectivity index is 2.90. The normalized spacial score (nSPS) is 10.5. The fourth-order valence-corrected chi connectivity index (χ4v) is 1.51. The highest BCUT2D eigenvalue weighted by Gasteiger charge is 2.15. The highest BCUT2D eigenvalue weighted by molar-refractivity contribution is 6.35. The molecule has 0 spiro atoms.